The van der Waals surface area contributed by atoms with Gasteiger partial charge in [-0.2, -0.15) is 0 Å². The van der Waals surface area contributed by atoms with Crippen molar-refractivity contribution in [2.24, 2.45) is 0 Å². The zero-order chi connectivity index (χ0) is 22.0. The van der Waals surface area contributed by atoms with Gasteiger partial charge in [0.25, 0.3) is 5.24 Å². The van der Waals surface area contributed by atoms with Gasteiger partial charge in [-0.25, -0.2) is 9.97 Å². The fourth-order valence-electron chi connectivity index (χ4n) is 3.75. The summed E-state index contributed by atoms with van der Waals surface area (Å²) in [5.74, 6) is 0.145. The van der Waals surface area contributed by atoms with Gasteiger partial charge < -0.3 is 15.2 Å². The molecule has 1 saturated heterocycles. The SMILES string of the molecule is C[C@H](C(=O)Nc1cccc2c(-c3ccnc(NC(=O)S)n3)c[nH]c12)N1CCN(C)CC1. The summed E-state index contributed by atoms with van der Waals surface area (Å²) in [6.45, 7) is 5.62. The third-order valence-corrected chi connectivity index (χ3v) is 5.70. The number of carbonyl (C=O) groups excluding carboxylic acids is 2. The largest absolute Gasteiger partial charge is 0.359 e. The minimum Gasteiger partial charge on any atom is -0.359 e. The van der Waals surface area contributed by atoms with Gasteiger partial charge in [0.1, 0.15) is 0 Å². The van der Waals surface area contributed by atoms with Crippen molar-refractivity contribution in [1.82, 2.24) is 24.8 Å². The van der Waals surface area contributed by atoms with E-state index in [9.17, 15) is 9.59 Å². The van der Waals surface area contributed by atoms with Gasteiger partial charge in [-0.1, -0.05) is 24.8 Å². The summed E-state index contributed by atoms with van der Waals surface area (Å²) >= 11 is 3.70. The molecule has 1 aromatic carbocycles. The van der Waals surface area contributed by atoms with Crippen molar-refractivity contribution in [3.63, 3.8) is 0 Å². The molecule has 2 aromatic heterocycles. The second kappa shape index (κ2) is 9.04. The molecule has 1 atom stereocenters. The first-order chi connectivity index (χ1) is 14.9. The van der Waals surface area contributed by atoms with Crippen LogP contribution in [0.1, 0.15) is 6.92 Å². The molecule has 3 heterocycles. The number of hydrogen-bond donors (Lipinski definition) is 4. The van der Waals surface area contributed by atoms with E-state index in [2.05, 4.69) is 55.1 Å². The molecule has 162 valence electrons. The third-order valence-electron chi connectivity index (χ3n) is 5.59. The highest BCUT2D eigenvalue weighted by atomic mass is 32.1. The molecule has 0 spiro atoms. The molecule has 3 aromatic rings. The average Bonchev–Trinajstić information content (AvgIpc) is 3.19. The fourth-order valence-corrected chi connectivity index (χ4v) is 3.85. The first-order valence-corrected chi connectivity index (χ1v) is 10.5. The number of thiol groups is 1. The standard InChI is InChI=1S/C21H25N7O2S/c1-13(28-10-8-27(2)9-11-28)19(29)24-17-5-3-4-14-15(12-23-18(14)17)16-6-7-22-20(25-16)26-21(30)31/h3-7,12-13,23H,8-11H2,1-2H3,(H,24,29)(H2,22,25,26,30,31)/t13-/m1/s1. The number of aromatic amines is 1. The van der Waals surface area contributed by atoms with Gasteiger partial charge >= 0.3 is 0 Å². The number of fused-ring (bicyclic) bond motifs is 1. The minimum absolute atomic E-state index is 0.0333. The minimum atomic E-state index is -0.532. The van der Waals surface area contributed by atoms with Gasteiger partial charge in [0.15, 0.2) is 0 Å². The predicted molar refractivity (Wildman–Crippen MR) is 124 cm³/mol. The van der Waals surface area contributed by atoms with E-state index in [0.717, 1.165) is 42.6 Å². The van der Waals surface area contributed by atoms with Crippen molar-refractivity contribution >= 4 is 46.3 Å². The summed E-state index contributed by atoms with van der Waals surface area (Å²) < 4.78 is 0. The van der Waals surface area contributed by atoms with E-state index < -0.39 is 5.24 Å². The monoisotopic (exact) mass is 439 g/mol. The molecular formula is C21H25N7O2S. The molecule has 1 aliphatic heterocycles. The smallest absolute Gasteiger partial charge is 0.282 e. The Labute approximate surface area is 185 Å². The van der Waals surface area contributed by atoms with Crippen molar-refractivity contribution in [3.05, 3.63) is 36.7 Å². The van der Waals surface area contributed by atoms with Crippen LogP contribution in [0.5, 0.6) is 0 Å². The number of hydrogen-bond acceptors (Lipinski definition) is 6. The molecule has 1 aliphatic rings. The number of para-hydroxylation sites is 1. The Morgan fingerprint density at radius 2 is 1.94 bits per heavy atom. The van der Waals surface area contributed by atoms with Gasteiger partial charge in [-0.05, 0) is 26.1 Å². The number of rotatable bonds is 5. The van der Waals surface area contributed by atoms with Crippen LogP contribution in [-0.4, -0.2) is 75.2 Å². The third kappa shape index (κ3) is 4.71. The molecule has 2 amide bonds. The van der Waals surface area contributed by atoms with Crippen LogP contribution in [0.25, 0.3) is 22.2 Å². The Hall–Kier alpha value is -2.95. The topological polar surface area (TPSA) is 106 Å². The maximum atomic E-state index is 12.9. The summed E-state index contributed by atoms with van der Waals surface area (Å²) in [5.41, 5.74) is 3.02. The van der Waals surface area contributed by atoms with E-state index in [-0.39, 0.29) is 17.9 Å². The number of H-pyrrole nitrogens is 1. The number of nitrogens with one attached hydrogen (secondary N) is 3. The second-order valence-electron chi connectivity index (χ2n) is 7.63. The van der Waals surface area contributed by atoms with Gasteiger partial charge in [-0.15, -0.1) is 0 Å². The van der Waals surface area contributed by atoms with Crippen LogP contribution in [0.2, 0.25) is 0 Å². The maximum absolute atomic E-state index is 12.9. The van der Waals surface area contributed by atoms with Crippen molar-refractivity contribution in [3.8, 4) is 11.3 Å². The number of likely N-dealkylation sites (N-methyl/N-ethyl adjacent to an activating group) is 1. The lowest BCUT2D eigenvalue weighted by Gasteiger charge is -2.35. The van der Waals surface area contributed by atoms with E-state index in [4.69, 9.17) is 0 Å². The zero-order valence-corrected chi connectivity index (χ0v) is 18.3. The summed E-state index contributed by atoms with van der Waals surface area (Å²) in [6, 6.07) is 7.28. The molecule has 10 heteroatoms. The molecule has 0 aliphatic carbocycles. The van der Waals surface area contributed by atoms with E-state index in [1.165, 1.54) is 0 Å². The van der Waals surface area contributed by atoms with E-state index >= 15 is 0 Å². The van der Waals surface area contributed by atoms with Crippen molar-refractivity contribution in [2.45, 2.75) is 13.0 Å². The molecule has 9 nitrogen and oxygen atoms in total. The molecule has 0 bridgehead atoms. The first kappa shape index (κ1) is 21.3. The summed E-state index contributed by atoms with van der Waals surface area (Å²) in [6.07, 6.45) is 3.41. The molecule has 4 rings (SSSR count). The van der Waals surface area contributed by atoms with Gasteiger partial charge in [0.05, 0.1) is 22.9 Å². The van der Waals surface area contributed by atoms with Crippen molar-refractivity contribution in [1.29, 1.82) is 0 Å². The number of carbonyl (C=O) groups is 2. The highest BCUT2D eigenvalue weighted by molar-refractivity contribution is 7.96. The van der Waals surface area contributed by atoms with Crippen LogP contribution in [0, 0.1) is 0 Å². The molecule has 31 heavy (non-hydrogen) atoms. The Morgan fingerprint density at radius 1 is 1.16 bits per heavy atom. The number of nitrogens with zero attached hydrogens (tertiary/aromatic N) is 4. The van der Waals surface area contributed by atoms with Crippen LogP contribution in [0.4, 0.5) is 16.4 Å². The average molecular weight is 440 g/mol. The summed E-state index contributed by atoms with van der Waals surface area (Å²) in [5, 5.41) is 5.91. The lowest BCUT2D eigenvalue weighted by Crippen LogP contribution is -2.51. The predicted octanol–water partition coefficient (Wildman–Crippen LogP) is 2.66. The van der Waals surface area contributed by atoms with E-state index in [0.29, 0.717) is 11.4 Å². The molecule has 0 radical (unpaired) electrons. The van der Waals surface area contributed by atoms with Crippen LogP contribution < -0.4 is 10.6 Å². The number of amides is 2. The lowest BCUT2D eigenvalue weighted by atomic mass is 10.1. The zero-order valence-electron chi connectivity index (χ0n) is 17.4. The molecule has 1 fully saturated rings. The van der Waals surface area contributed by atoms with E-state index in [1.54, 1.807) is 12.3 Å². The molecule has 3 N–H and O–H groups in total. The quantitative estimate of drug-likeness (QED) is 0.456. The number of anilines is 2. The maximum Gasteiger partial charge on any atom is 0.282 e. The van der Waals surface area contributed by atoms with Gasteiger partial charge in [0.2, 0.25) is 11.9 Å². The van der Waals surface area contributed by atoms with Crippen molar-refractivity contribution < 1.29 is 9.59 Å². The van der Waals surface area contributed by atoms with Crippen LogP contribution in [0.3, 0.4) is 0 Å². The normalized spacial score (nSPS) is 16.2. The molecular weight excluding hydrogens is 414 g/mol. The molecule has 0 saturated carbocycles. The summed E-state index contributed by atoms with van der Waals surface area (Å²) in [4.78, 5) is 40.2. The van der Waals surface area contributed by atoms with Crippen LogP contribution in [0.15, 0.2) is 36.7 Å². The number of benzene rings is 1. The van der Waals surface area contributed by atoms with Gasteiger partial charge in [-0.3, -0.25) is 19.8 Å². The lowest BCUT2D eigenvalue weighted by molar-refractivity contribution is -0.121. The first-order valence-electron chi connectivity index (χ1n) is 10.1. The Kier molecular flexibility index (Phi) is 6.21. The van der Waals surface area contributed by atoms with Gasteiger partial charge in [0, 0.05) is 49.5 Å². The van der Waals surface area contributed by atoms with E-state index in [1.807, 2.05) is 31.3 Å². The molecule has 0 unspecified atom stereocenters. The number of piperazine rings is 1. The summed E-state index contributed by atoms with van der Waals surface area (Å²) in [7, 11) is 2.10. The van der Waals surface area contributed by atoms with Crippen molar-refractivity contribution in [2.75, 3.05) is 43.9 Å². The Morgan fingerprint density at radius 3 is 2.68 bits per heavy atom. The second-order valence-corrected chi connectivity index (χ2v) is 8.04. The number of aromatic nitrogens is 3. The highest BCUT2D eigenvalue weighted by Gasteiger charge is 2.25. The fraction of sp³-hybridized carbons (Fsp3) is 0.333. The Balaban J connectivity index is 1.56. The Bertz CT molecular complexity index is 1110. The highest BCUT2D eigenvalue weighted by Crippen LogP contribution is 2.31. The van der Waals surface area contributed by atoms with Crippen LogP contribution in [-0.2, 0) is 4.79 Å². The van der Waals surface area contributed by atoms with Crippen LogP contribution >= 0.6 is 12.6 Å².